The quantitative estimate of drug-likeness (QED) is 0.297. The van der Waals surface area contributed by atoms with Crippen molar-refractivity contribution in [2.45, 2.75) is 31.5 Å². The van der Waals surface area contributed by atoms with Crippen molar-refractivity contribution < 1.29 is 19.0 Å². The molecule has 4 nitrogen and oxygen atoms in total. The number of thioether (sulfide) groups is 1. The molecule has 0 aliphatic carbocycles. The van der Waals surface area contributed by atoms with Gasteiger partial charge in [0.05, 0.1) is 0 Å². The van der Waals surface area contributed by atoms with Crippen molar-refractivity contribution in [1.29, 1.82) is 0 Å². The Morgan fingerprint density at radius 2 is 1.57 bits per heavy atom. The first-order valence-electron chi connectivity index (χ1n) is 9.84. The van der Waals surface area contributed by atoms with Crippen LogP contribution in [0, 0.1) is 5.92 Å². The summed E-state index contributed by atoms with van der Waals surface area (Å²) in [6.07, 6.45) is 1.35. The smallest absolute Gasteiger partial charge is 0.347 e. The van der Waals surface area contributed by atoms with E-state index < -0.39 is 6.10 Å². The minimum absolute atomic E-state index is 0.0227. The normalized spacial score (nSPS) is 11.7. The minimum atomic E-state index is -0.672. The first kappa shape index (κ1) is 21.8. The average Bonchev–Trinajstić information content (AvgIpc) is 2.77. The highest BCUT2D eigenvalue weighted by Gasteiger charge is 2.26. The van der Waals surface area contributed by atoms with Gasteiger partial charge in [-0.25, -0.2) is 4.79 Å². The molecule has 0 spiro atoms. The molecule has 30 heavy (non-hydrogen) atoms. The monoisotopic (exact) mass is 422 g/mol. The number of benzene rings is 3. The van der Waals surface area contributed by atoms with Crippen LogP contribution in [0.25, 0.3) is 0 Å². The second kappa shape index (κ2) is 10.7. The van der Waals surface area contributed by atoms with Crippen molar-refractivity contribution >= 4 is 17.7 Å². The second-order valence-electron chi connectivity index (χ2n) is 7.13. The lowest BCUT2D eigenvalue weighted by molar-refractivity contribution is -0.155. The maximum absolute atomic E-state index is 12.7. The van der Waals surface area contributed by atoms with Gasteiger partial charge in [0.1, 0.15) is 23.9 Å². The van der Waals surface area contributed by atoms with Crippen LogP contribution < -0.4 is 9.47 Å². The van der Waals surface area contributed by atoms with E-state index in [0.717, 1.165) is 16.2 Å². The van der Waals surface area contributed by atoms with Gasteiger partial charge >= 0.3 is 5.97 Å². The molecule has 0 aliphatic rings. The fraction of sp³-hybridized carbons (Fsp3) is 0.240. The fourth-order valence-electron chi connectivity index (χ4n) is 2.82. The average molecular weight is 423 g/mol. The Morgan fingerprint density at radius 1 is 0.867 bits per heavy atom. The lowest BCUT2D eigenvalue weighted by Crippen LogP contribution is -2.34. The highest BCUT2D eigenvalue weighted by Crippen LogP contribution is 2.24. The van der Waals surface area contributed by atoms with E-state index in [2.05, 4.69) is 0 Å². The van der Waals surface area contributed by atoms with E-state index in [1.165, 1.54) is 0 Å². The SMILES string of the molecule is CSc1ccc(OC(C(=O)OCc2cccc(Oc3ccccc3)c2)C(C)C)cc1. The van der Waals surface area contributed by atoms with Crippen LogP contribution in [0.15, 0.2) is 83.8 Å². The summed E-state index contributed by atoms with van der Waals surface area (Å²) in [6, 6.07) is 24.8. The first-order valence-corrected chi connectivity index (χ1v) is 11.1. The van der Waals surface area contributed by atoms with Gasteiger partial charge in [-0.1, -0.05) is 44.2 Å². The Labute approximate surface area is 182 Å². The predicted molar refractivity (Wildman–Crippen MR) is 120 cm³/mol. The van der Waals surface area contributed by atoms with E-state index in [4.69, 9.17) is 14.2 Å². The number of hydrogen-bond donors (Lipinski definition) is 0. The summed E-state index contributed by atoms with van der Waals surface area (Å²) < 4.78 is 17.3. The van der Waals surface area contributed by atoms with Crippen molar-refractivity contribution in [3.63, 3.8) is 0 Å². The third kappa shape index (κ3) is 6.29. The summed E-state index contributed by atoms with van der Waals surface area (Å²) in [5, 5.41) is 0. The molecule has 1 atom stereocenters. The highest BCUT2D eigenvalue weighted by atomic mass is 32.2. The fourth-order valence-corrected chi connectivity index (χ4v) is 3.23. The Balaban J connectivity index is 1.60. The van der Waals surface area contributed by atoms with Gasteiger partial charge in [0, 0.05) is 10.8 Å². The molecule has 0 bridgehead atoms. The topological polar surface area (TPSA) is 44.8 Å². The zero-order valence-corrected chi connectivity index (χ0v) is 18.2. The Bertz CT molecular complexity index is 939. The van der Waals surface area contributed by atoms with Crippen molar-refractivity contribution in [3.8, 4) is 17.2 Å². The van der Waals surface area contributed by atoms with Crippen molar-refractivity contribution in [3.05, 3.63) is 84.4 Å². The van der Waals surface area contributed by atoms with Gasteiger partial charge in [-0.05, 0) is 60.4 Å². The van der Waals surface area contributed by atoms with Crippen molar-refractivity contribution in [1.82, 2.24) is 0 Å². The summed E-state index contributed by atoms with van der Waals surface area (Å²) >= 11 is 1.66. The van der Waals surface area contributed by atoms with E-state index >= 15 is 0 Å². The summed E-state index contributed by atoms with van der Waals surface area (Å²) in [5.74, 6) is 1.70. The van der Waals surface area contributed by atoms with E-state index in [-0.39, 0.29) is 18.5 Å². The molecule has 0 saturated carbocycles. The number of carbonyl (C=O) groups excluding carboxylic acids is 1. The molecule has 156 valence electrons. The molecular formula is C25H26O4S. The molecule has 5 heteroatoms. The zero-order chi connectivity index (χ0) is 21.3. The first-order chi connectivity index (χ1) is 14.5. The molecule has 3 rings (SSSR count). The maximum atomic E-state index is 12.7. The van der Waals surface area contributed by atoms with Gasteiger partial charge in [0.15, 0.2) is 6.10 Å². The van der Waals surface area contributed by atoms with Crippen LogP contribution in [0.5, 0.6) is 17.2 Å². The van der Waals surface area contributed by atoms with Gasteiger partial charge in [-0.2, -0.15) is 0 Å². The van der Waals surface area contributed by atoms with Crippen LogP contribution in [0.2, 0.25) is 0 Å². The molecule has 0 aliphatic heterocycles. The molecule has 1 unspecified atom stereocenters. The van der Waals surface area contributed by atoms with Crippen LogP contribution in [0.3, 0.4) is 0 Å². The third-order valence-corrected chi connectivity index (χ3v) is 5.16. The summed E-state index contributed by atoms with van der Waals surface area (Å²) in [5.41, 5.74) is 0.851. The standard InChI is InChI=1S/C25H26O4S/c1-18(2)24(29-21-12-14-23(30-3)15-13-21)25(26)27-17-19-8-7-11-22(16-19)28-20-9-5-4-6-10-20/h4-16,18,24H,17H2,1-3H3. The molecule has 3 aromatic rings. The van der Waals surface area contributed by atoms with Crippen LogP contribution in [0.4, 0.5) is 0 Å². The summed E-state index contributed by atoms with van der Waals surface area (Å²) in [6.45, 7) is 4.04. The van der Waals surface area contributed by atoms with Crippen molar-refractivity contribution in [2.24, 2.45) is 5.92 Å². The predicted octanol–water partition coefficient (Wildman–Crippen LogP) is 6.35. The largest absolute Gasteiger partial charge is 0.478 e. The van der Waals surface area contributed by atoms with E-state index in [9.17, 15) is 4.79 Å². The molecule has 0 fully saturated rings. The van der Waals surface area contributed by atoms with Crippen molar-refractivity contribution in [2.75, 3.05) is 6.26 Å². The number of esters is 1. The Morgan fingerprint density at radius 3 is 2.23 bits per heavy atom. The Hall–Kier alpha value is -2.92. The number of carbonyl (C=O) groups is 1. The number of rotatable bonds is 9. The molecule has 0 radical (unpaired) electrons. The van der Waals surface area contributed by atoms with Gasteiger partial charge in [-0.15, -0.1) is 11.8 Å². The maximum Gasteiger partial charge on any atom is 0.347 e. The highest BCUT2D eigenvalue weighted by molar-refractivity contribution is 7.98. The summed E-state index contributed by atoms with van der Waals surface area (Å²) in [7, 11) is 0. The van der Waals surface area contributed by atoms with Gasteiger partial charge < -0.3 is 14.2 Å². The van der Waals surface area contributed by atoms with Gasteiger partial charge in [-0.3, -0.25) is 0 Å². The molecule has 0 N–H and O–H groups in total. The second-order valence-corrected chi connectivity index (χ2v) is 8.01. The third-order valence-electron chi connectivity index (χ3n) is 4.42. The van der Waals surface area contributed by atoms with Crippen LogP contribution >= 0.6 is 11.8 Å². The van der Waals surface area contributed by atoms with Gasteiger partial charge in [0.2, 0.25) is 0 Å². The number of para-hydroxylation sites is 1. The van der Waals surface area contributed by atoms with Crippen LogP contribution in [-0.2, 0) is 16.1 Å². The van der Waals surface area contributed by atoms with E-state index in [1.54, 1.807) is 11.8 Å². The minimum Gasteiger partial charge on any atom is -0.478 e. The molecule has 3 aromatic carbocycles. The number of hydrogen-bond acceptors (Lipinski definition) is 5. The molecule has 0 amide bonds. The van der Waals surface area contributed by atoms with Gasteiger partial charge in [0.25, 0.3) is 0 Å². The molecule has 0 aromatic heterocycles. The lowest BCUT2D eigenvalue weighted by atomic mass is 10.1. The summed E-state index contributed by atoms with van der Waals surface area (Å²) in [4.78, 5) is 13.8. The number of ether oxygens (including phenoxy) is 3. The molecular weight excluding hydrogens is 396 g/mol. The van der Waals surface area contributed by atoms with E-state index in [1.807, 2.05) is 99.0 Å². The molecule has 0 heterocycles. The zero-order valence-electron chi connectivity index (χ0n) is 17.4. The lowest BCUT2D eigenvalue weighted by Gasteiger charge is -2.21. The van der Waals surface area contributed by atoms with Crippen LogP contribution in [-0.4, -0.2) is 18.3 Å². The van der Waals surface area contributed by atoms with Crippen LogP contribution in [0.1, 0.15) is 19.4 Å². The Kier molecular flexibility index (Phi) is 7.80. The van der Waals surface area contributed by atoms with E-state index in [0.29, 0.717) is 11.5 Å². The molecule has 0 saturated heterocycles.